The summed E-state index contributed by atoms with van der Waals surface area (Å²) >= 11 is 1.83. The van der Waals surface area contributed by atoms with Gasteiger partial charge >= 0.3 is 0 Å². The Bertz CT molecular complexity index is 2500. The molecule has 0 saturated heterocycles. The number of rotatable bonds is 2. The van der Waals surface area contributed by atoms with Gasteiger partial charge in [-0.1, -0.05) is 72.8 Å². The van der Waals surface area contributed by atoms with E-state index in [4.69, 9.17) is 0 Å². The average Bonchev–Trinajstić information content (AvgIpc) is 3.68. The zero-order valence-electron chi connectivity index (χ0n) is 21.9. The van der Waals surface area contributed by atoms with E-state index in [0.29, 0.717) is 5.56 Å². The molecule has 0 spiro atoms. The van der Waals surface area contributed by atoms with E-state index in [1.807, 2.05) is 23.5 Å². The van der Waals surface area contributed by atoms with Crippen LogP contribution in [-0.4, -0.2) is 9.13 Å². The monoisotopic (exact) mass is 539 g/mol. The predicted octanol–water partition coefficient (Wildman–Crippen LogP) is 10.1. The summed E-state index contributed by atoms with van der Waals surface area (Å²) in [7, 11) is 0. The van der Waals surface area contributed by atoms with Gasteiger partial charge < -0.3 is 9.13 Å². The standard InChI is InChI=1S/C37H21N3S/c38-22-23-16-18-28-27-10-3-6-14-33(27)40(35(28)20-23)34-15-7-11-29-30-21-24(17-19-36(30)41-37(29)34)39-31-12-4-1-8-25(31)26-9-2-5-13-32(26)39/h1-21H. The van der Waals surface area contributed by atoms with Crippen molar-refractivity contribution in [3.8, 4) is 17.4 Å². The molecular weight excluding hydrogens is 518 g/mol. The van der Waals surface area contributed by atoms with E-state index in [1.165, 1.54) is 47.4 Å². The first-order chi connectivity index (χ1) is 20.3. The maximum Gasteiger partial charge on any atom is 0.0992 e. The van der Waals surface area contributed by atoms with Gasteiger partial charge in [-0.3, -0.25) is 0 Å². The highest BCUT2D eigenvalue weighted by molar-refractivity contribution is 7.26. The highest BCUT2D eigenvalue weighted by Gasteiger charge is 2.18. The summed E-state index contributed by atoms with van der Waals surface area (Å²) < 4.78 is 7.22. The van der Waals surface area contributed by atoms with Crippen molar-refractivity contribution in [3.05, 3.63) is 133 Å². The third kappa shape index (κ3) is 3.07. The summed E-state index contributed by atoms with van der Waals surface area (Å²) in [6.45, 7) is 0. The topological polar surface area (TPSA) is 33.6 Å². The smallest absolute Gasteiger partial charge is 0.0992 e. The second-order valence-electron chi connectivity index (χ2n) is 10.5. The zero-order chi connectivity index (χ0) is 27.1. The Hall–Kier alpha value is -5.37. The number of nitrogens with zero attached hydrogens (tertiary/aromatic N) is 3. The molecule has 0 aliphatic rings. The van der Waals surface area contributed by atoms with E-state index in [9.17, 15) is 5.26 Å². The molecule has 3 heterocycles. The van der Waals surface area contributed by atoms with Crippen molar-refractivity contribution >= 4 is 75.1 Å². The molecule has 0 aliphatic heterocycles. The lowest BCUT2D eigenvalue weighted by atomic mass is 10.1. The summed E-state index contributed by atoms with van der Waals surface area (Å²) in [5.74, 6) is 0. The molecule has 0 radical (unpaired) electrons. The SMILES string of the molecule is N#Cc1ccc2c3ccccc3n(-c3cccc4c3sc3ccc(-n5c6ccccc6c6ccccc65)cc34)c2c1. The van der Waals surface area contributed by atoms with Crippen LogP contribution in [0, 0.1) is 11.3 Å². The molecule has 9 aromatic rings. The molecule has 41 heavy (non-hydrogen) atoms. The Morgan fingerprint density at radius 2 is 1.10 bits per heavy atom. The van der Waals surface area contributed by atoms with Gasteiger partial charge in [0.2, 0.25) is 0 Å². The molecule has 0 aliphatic carbocycles. The van der Waals surface area contributed by atoms with E-state index in [1.54, 1.807) is 0 Å². The van der Waals surface area contributed by atoms with Crippen molar-refractivity contribution in [1.82, 2.24) is 9.13 Å². The maximum absolute atomic E-state index is 9.68. The van der Waals surface area contributed by atoms with Crippen LogP contribution in [0.15, 0.2) is 127 Å². The molecule has 3 nitrogen and oxygen atoms in total. The average molecular weight is 540 g/mol. The van der Waals surface area contributed by atoms with E-state index in [2.05, 4.69) is 130 Å². The summed E-state index contributed by atoms with van der Waals surface area (Å²) in [6, 6.07) is 47.6. The summed E-state index contributed by atoms with van der Waals surface area (Å²) in [6.07, 6.45) is 0. The molecule has 0 fully saturated rings. The highest BCUT2D eigenvalue weighted by Crippen LogP contribution is 2.42. The quantitative estimate of drug-likeness (QED) is 0.215. The van der Waals surface area contributed by atoms with Crippen LogP contribution in [0.4, 0.5) is 0 Å². The second kappa shape index (κ2) is 8.32. The van der Waals surface area contributed by atoms with Crippen molar-refractivity contribution in [1.29, 1.82) is 5.26 Å². The molecule has 6 aromatic carbocycles. The Morgan fingerprint density at radius 3 is 1.78 bits per heavy atom. The van der Waals surface area contributed by atoms with Gasteiger partial charge in [-0.2, -0.15) is 5.26 Å². The lowest BCUT2D eigenvalue weighted by Gasteiger charge is -2.10. The van der Waals surface area contributed by atoms with Crippen LogP contribution < -0.4 is 0 Å². The van der Waals surface area contributed by atoms with Gasteiger partial charge in [0.05, 0.1) is 44.1 Å². The van der Waals surface area contributed by atoms with E-state index in [-0.39, 0.29) is 0 Å². The molecule has 0 atom stereocenters. The number of nitriles is 1. The number of para-hydroxylation sites is 3. The highest BCUT2D eigenvalue weighted by atomic mass is 32.1. The van der Waals surface area contributed by atoms with Crippen LogP contribution >= 0.6 is 11.3 Å². The number of hydrogen-bond donors (Lipinski definition) is 0. The second-order valence-corrected chi connectivity index (χ2v) is 11.6. The first-order valence-electron chi connectivity index (χ1n) is 13.7. The minimum atomic E-state index is 0.667. The van der Waals surface area contributed by atoms with Crippen molar-refractivity contribution in [2.45, 2.75) is 0 Å². The van der Waals surface area contributed by atoms with Gasteiger partial charge in [0, 0.05) is 42.7 Å². The molecule has 4 heteroatoms. The Morgan fingerprint density at radius 1 is 0.488 bits per heavy atom. The molecule has 9 rings (SSSR count). The largest absolute Gasteiger partial charge is 0.309 e. The lowest BCUT2D eigenvalue weighted by Crippen LogP contribution is -1.94. The maximum atomic E-state index is 9.68. The molecule has 0 bridgehead atoms. The van der Waals surface area contributed by atoms with Crippen LogP contribution in [0.2, 0.25) is 0 Å². The fraction of sp³-hybridized carbons (Fsp3) is 0. The first kappa shape index (κ1) is 22.4. The van der Waals surface area contributed by atoms with Crippen molar-refractivity contribution in [2.24, 2.45) is 0 Å². The van der Waals surface area contributed by atoms with E-state index < -0.39 is 0 Å². The fourth-order valence-corrected chi connectivity index (χ4v) is 7.77. The summed E-state index contributed by atoms with van der Waals surface area (Å²) in [4.78, 5) is 0. The normalized spacial score (nSPS) is 11.9. The molecular formula is C37H21N3S. The lowest BCUT2D eigenvalue weighted by molar-refractivity contribution is 1.19. The van der Waals surface area contributed by atoms with Crippen molar-refractivity contribution in [2.75, 3.05) is 0 Å². The van der Waals surface area contributed by atoms with Crippen molar-refractivity contribution < 1.29 is 0 Å². The Balaban J connectivity index is 1.34. The predicted molar refractivity (Wildman–Crippen MR) is 173 cm³/mol. The molecule has 190 valence electrons. The van der Waals surface area contributed by atoms with Crippen molar-refractivity contribution in [3.63, 3.8) is 0 Å². The van der Waals surface area contributed by atoms with Gasteiger partial charge in [0.1, 0.15) is 0 Å². The van der Waals surface area contributed by atoms with Gasteiger partial charge in [0.15, 0.2) is 0 Å². The third-order valence-electron chi connectivity index (χ3n) is 8.34. The van der Waals surface area contributed by atoms with E-state index in [0.717, 1.165) is 27.8 Å². The molecule has 0 N–H and O–H groups in total. The molecule has 3 aromatic heterocycles. The van der Waals surface area contributed by atoms with Crippen LogP contribution in [0.1, 0.15) is 5.56 Å². The van der Waals surface area contributed by atoms with Crippen LogP contribution in [-0.2, 0) is 0 Å². The number of thiophene rings is 1. The summed E-state index contributed by atoms with van der Waals surface area (Å²) in [5, 5.41) is 17.1. The Labute approximate surface area is 239 Å². The summed E-state index contributed by atoms with van der Waals surface area (Å²) in [5.41, 5.74) is 7.60. The minimum absolute atomic E-state index is 0.667. The Kier molecular flexibility index (Phi) is 4.55. The minimum Gasteiger partial charge on any atom is -0.309 e. The number of benzene rings is 6. The first-order valence-corrected chi connectivity index (χ1v) is 14.5. The number of hydrogen-bond acceptors (Lipinski definition) is 2. The number of fused-ring (bicyclic) bond motifs is 9. The zero-order valence-corrected chi connectivity index (χ0v) is 22.7. The molecule has 0 unspecified atom stereocenters. The van der Waals surface area contributed by atoms with Gasteiger partial charge in [0.25, 0.3) is 0 Å². The number of aromatic nitrogens is 2. The van der Waals surface area contributed by atoms with Crippen LogP contribution in [0.3, 0.4) is 0 Å². The molecule has 0 saturated carbocycles. The van der Waals surface area contributed by atoms with Crippen LogP contribution in [0.25, 0.3) is 75.2 Å². The fourth-order valence-electron chi connectivity index (χ4n) is 6.59. The van der Waals surface area contributed by atoms with E-state index >= 15 is 0 Å². The van der Waals surface area contributed by atoms with Gasteiger partial charge in [-0.25, -0.2) is 0 Å². The molecule has 0 amide bonds. The third-order valence-corrected chi connectivity index (χ3v) is 9.55. The van der Waals surface area contributed by atoms with Crippen LogP contribution in [0.5, 0.6) is 0 Å². The van der Waals surface area contributed by atoms with Gasteiger partial charge in [-0.05, 0) is 54.6 Å². The van der Waals surface area contributed by atoms with Gasteiger partial charge in [-0.15, -0.1) is 11.3 Å².